The standard InChI is InChI=1S/C23H33N5O/c1-16-14-18-15-19(16)21-20(18)17(2)28(22(21)29)9-4-3-8-26-10-12-27(13-11-26)23-24-6-5-7-25-23/h5-7,16,18-21H,2-4,8-15H2,1H3. The molecule has 2 saturated heterocycles. The Morgan fingerprint density at radius 3 is 2.52 bits per heavy atom. The number of allylic oxidation sites excluding steroid dienone is 1. The summed E-state index contributed by atoms with van der Waals surface area (Å²) in [5.74, 6) is 3.98. The Morgan fingerprint density at radius 2 is 1.76 bits per heavy atom. The molecule has 5 rings (SSSR count). The Bertz CT molecular complexity index is 760. The van der Waals surface area contributed by atoms with Gasteiger partial charge in [0.1, 0.15) is 0 Å². The summed E-state index contributed by atoms with van der Waals surface area (Å²) in [6.45, 7) is 12.7. The van der Waals surface area contributed by atoms with Crippen molar-refractivity contribution in [1.82, 2.24) is 19.8 Å². The first-order chi connectivity index (χ1) is 14.1. The van der Waals surface area contributed by atoms with Crippen LogP contribution in [0, 0.1) is 29.6 Å². The molecule has 1 aromatic heterocycles. The van der Waals surface area contributed by atoms with Gasteiger partial charge in [0.25, 0.3) is 0 Å². The Labute approximate surface area is 174 Å². The van der Waals surface area contributed by atoms with Crippen LogP contribution in [0.15, 0.2) is 30.7 Å². The number of likely N-dealkylation sites (tertiary alicyclic amines) is 1. The fraction of sp³-hybridized carbons (Fsp3) is 0.696. The molecule has 0 N–H and O–H groups in total. The molecule has 2 saturated carbocycles. The molecule has 4 fully saturated rings. The molecule has 2 bridgehead atoms. The minimum absolute atomic E-state index is 0.254. The number of hydrogen-bond acceptors (Lipinski definition) is 5. The van der Waals surface area contributed by atoms with Crippen molar-refractivity contribution >= 4 is 11.9 Å². The number of anilines is 1. The van der Waals surface area contributed by atoms with Crippen LogP contribution in [-0.4, -0.2) is 64.9 Å². The molecule has 3 heterocycles. The molecule has 5 atom stereocenters. The molecular weight excluding hydrogens is 362 g/mol. The molecule has 6 heteroatoms. The van der Waals surface area contributed by atoms with Gasteiger partial charge in [-0.1, -0.05) is 13.5 Å². The summed E-state index contributed by atoms with van der Waals surface area (Å²) in [4.78, 5) is 28.6. The number of rotatable bonds is 6. The average Bonchev–Trinajstić information content (AvgIpc) is 3.38. The van der Waals surface area contributed by atoms with Crippen LogP contribution in [0.1, 0.15) is 32.6 Å². The first-order valence-corrected chi connectivity index (χ1v) is 11.4. The molecule has 2 aliphatic carbocycles. The van der Waals surface area contributed by atoms with Crippen molar-refractivity contribution < 1.29 is 4.79 Å². The predicted octanol–water partition coefficient (Wildman–Crippen LogP) is 2.64. The molecule has 2 aliphatic heterocycles. The molecule has 0 radical (unpaired) electrons. The first kappa shape index (κ1) is 19.0. The SMILES string of the molecule is C=C1C2C3CC(C)C(C3)C2C(=O)N1CCCCN1CCN(c2ncccn2)CC1. The van der Waals surface area contributed by atoms with Crippen LogP contribution in [-0.2, 0) is 4.79 Å². The zero-order chi connectivity index (χ0) is 20.0. The van der Waals surface area contributed by atoms with Crippen LogP contribution >= 0.6 is 0 Å². The normalized spacial score (nSPS) is 34.3. The quantitative estimate of drug-likeness (QED) is 0.693. The van der Waals surface area contributed by atoms with Crippen molar-refractivity contribution in [3.05, 3.63) is 30.7 Å². The van der Waals surface area contributed by atoms with E-state index in [0.717, 1.165) is 69.7 Å². The third kappa shape index (κ3) is 3.35. The molecule has 29 heavy (non-hydrogen) atoms. The third-order valence-electron chi connectivity index (χ3n) is 7.93. The van der Waals surface area contributed by atoms with Gasteiger partial charge in [0.05, 0.1) is 5.92 Å². The average molecular weight is 396 g/mol. The summed E-state index contributed by atoms with van der Waals surface area (Å²) < 4.78 is 0. The zero-order valence-corrected chi connectivity index (χ0v) is 17.5. The van der Waals surface area contributed by atoms with Gasteiger partial charge in [0.15, 0.2) is 0 Å². The van der Waals surface area contributed by atoms with E-state index in [0.29, 0.717) is 23.7 Å². The van der Waals surface area contributed by atoms with Crippen LogP contribution < -0.4 is 4.90 Å². The van der Waals surface area contributed by atoms with Gasteiger partial charge >= 0.3 is 0 Å². The molecule has 0 aromatic carbocycles. The fourth-order valence-corrected chi connectivity index (χ4v) is 6.49. The van der Waals surface area contributed by atoms with Crippen molar-refractivity contribution in [1.29, 1.82) is 0 Å². The lowest BCUT2D eigenvalue weighted by Gasteiger charge is -2.34. The number of amides is 1. The molecule has 1 aromatic rings. The maximum atomic E-state index is 13.0. The van der Waals surface area contributed by atoms with Crippen LogP contribution in [0.25, 0.3) is 0 Å². The topological polar surface area (TPSA) is 52.6 Å². The minimum Gasteiger partial charge on any atom is -0.338 e. The number of hydrogen-bond donors (Lipinski definition) is 0. The number of aromatic nitrogens is 2. The van der Waals surface area contributed by atoms with Crippen LogP contribution in [0.4, 0.5) is 5.95 Å². The molecule has 156 valence electrons. The Morgan fingerprint density at radius 1 is 1.03 bits per heavy atom. The highest BCUT2D eigenvalue weighted by molar-refractivity contribution is 5.85. The Balaban J connectivity index is 1.06. The molecule has 5 unspecified atom stereocenters. The summed E-state index contributed by atoms with van der Waals surface area (Å²) in [6.07, 6.45) is 8.38. The van der Waals surface area contributed by atoms with Gasteiger partial charge in [0, 0.05) is 56.7 Å². The van der Waals surface area contributed by atoms with Crippen molar-refractivity contribution in [3.63, 3.8) is 0 Å². The Kier molecular flexibility index (Phi) is 5.06. The number of fused-ring (bicyclic) bond motifs is 5. The van der Waals surface area contributed by atoms with E-state index < -0.39 is 0 Å². The number of nitrogens with zero attached hydrogens (tertiary/aromatic N) is 5. The second-order valence-corrected chi connectivity index (χ2v) is 9.49. The molecular formula is C23H33N5O. The number of carbonyl (C=O) groups excluding carboxylic acids is 1. The largest absolute Gasteiger partial charge is 0.338 e. The second-order valence-electron chi connectivity index (χ2n) is 9.49. The molecule has 0 spiro atoms. The molecule has 4 aliphatic rings. The van der Waals surface area contributed by atoms with E-state index in [4.69, 9.17) is 0 Å². The maximum absolute atomic E-state index is 13.0. The highest BCUT2D eigenvalue weighted by Crippen LogP contribution is 2.60. The van der Waals surface area contributed by atoms with E-state index in [1.165, 1.54) is 12.8 Å². The number of carbonyl (C=O) groups is 1. The summed E-state index contributed by atoms with van der Waals surface area (Å²) in [6, 6.07) is 1.86. The smallest absolute Gasteiger partial charge is 0.230 e. The summed E-state index contributed by atoms with van der Waals surface area (Å²) in [5, 5.41) is 0. The van der Waals surface area contributed by atoms with Crippen molar-refractivity contribution in [3.8, 4) is 0 Å². The summed E-state index contributed by atoms with van der Waals surface area (Å²) >= 11 is 0. The van der Waals surface area contributed by atoms with Crippen molar-refractivity contribution in [2.45, 2.75) is 32.6 Å². The van der Waals surface area contributed by atoms with E-state index in [1.807, 2.05) is 18.5 Å². The van der Waals surface area contributed by atoms with Crippen LogP contribution in [0.2, 0.25) is 0 Å². The van der Waals surface area contributed by atoms with Gasteiger partial charge in [-0.25, -0.2) is 9.97 Å². The van der Waals surface area contributed by atoms with E-state index in [-0.39, 0.29) is 5.92 Å². The Hall–Kier alpha value is -1.95. The van der Waals surface area contributed by atoms with E-state index >= 15 is 0 Å². The lowest BCUT2D eigenvalue weighted by molar-refractivity contribution is -0.132. The van der Waals surface area contributed by atoms with Crippen LogP contribution in [0.5, 0.6) is 0 Å². The van der Waals surface area contributed by atoms with Crippen molar-refractivity contribution in [2.75, 3.05) is 44.2 Å². The monoisotopic (exact) mass is 395 g/mol. The van der Waals surface area contributed by atoms with Crippen molar-refractivity contribution in [2.24, 2.45) is 29.6 Å². The molecule has 6 nitrogen and oxygen atoms in total. The van der Waals surface area contributed by atoms with E-state index in [1.54, 1.807) is 0 Å². The predicted molar refractivity (Wildman–Crippen MR) is 113 cm³/mol. The lowest BCUT2D eigenvalue weighted by atomic mass is 9.75. The summed E-state index contributed by atoms with van der Waals surface area (Å²) in [7, 11) is 0. The zero-order valence-electron chi connectivity index (χ0n) is 17.5. The molecule has 1 amide bonds. The van der Waals surface area contributed by atoms with Gasteiger partial charge in [0.2, 0.25) is 11.9 Å². The highest BCUT2D eigenvalue weighted by atomic mass is 16.2. The van der Waals surface area contributed by atoms with Gasteiger partial charge in [-0.15, -0.1) is 0 Å². The van der Waals surface area contributed by atoms with Gasteiger partial charge in [-0.05, 0) is 56.0 Å². The van der Waals surface area contributed by atoms with Gasteiger partial charge in [-0.2, -0.15) is 0 Å². The minimum atomic E-state index is 0.254. The number of piperazine rings is 1. The second kappa shape index (κ2) is 7.71. The van der Waals surface area contributed by atoms with Crippen LogP contribution in [0.3, 0.4) is 0 Å². The van der Waals surface area contributed by atoms with E-state index in [2.05, 4.69) is 38.2 Å². The maximum Gasteiger partial charge on any atom is 0.230 e. The highest BCUT2D eigenvalue weighted by Gasteiger charge is 2.60. The summed E-state index contributed by atoms with van der Waals surface area (Å²) in [5.41, 5.74) is 1.14. The first-order valence-electron chi connectivity index (χ1n) is 11.4. The lowest BCUT2D eigenvalue weighted by Crippen LogP contribution is -2.47. The van der Waals surface area contributed by atoms with E-state index in [9.17, 15) is 4.79 Å². The fourth-order valence-electron chi connectivity index (χ4n) is 6.49. The van der Waals surface area contributed by atoms with Gasteiger partial charge in [-0.3, -0.25) is 9.69 Å². The third-order valence-corrected chi connectivity index (χ3v) is 7.93. The van der Waals surface area contributed by atoms with Gasteiger partial charge < -0.3 is 9.80 Å². The number of unbranched alkanes of at least 4 members (excludes halogenated alkanes) is 1.